The molecule has 10 heteroatoms. The van der Waals surface area contributed by atoms with Crippen molar-refractivity contribution in [1.82, 2.24) is 19.9 Å². The molecule has 3 rings (SSSR count). The third-order valence-corrected chi connectivity index (χ3v) is 4.20. The summed E-state index contributed by atoms with van der Waals surface area (Å²) in [5, 5.41) is 5.30. The zero-order valence-electron chi connectivity index (χ0n) is 15.9. The Labute approximate surface area is 164 Å². The largest absolute Gasteiger partial charge is 0.495 e. The van der Waals surface area contributed by atoms with Crippen molar-refractivity contribution in [3.63, 3.8) is 0 Å². The van der Waals surface area contributed by atoms with Crippen molar-refractivity contribution in [3.05, 3.63) is 47.9 Å². The Balaban J connectivity index is 1.61. The van der Waals surface area contributed by atoms with Gasteiger partial charge in [0.1, 0.15) is 11.3 Å². The fourth-order valence-corrected chi connectivity index (χ4v) is 2.91. The number of anilines is 1. The van der Waals surface area contributed by atoms with Gasteiger partial charge in [-0.15, -0.1) is 0 Å². The quantitative estimate of drug-likeness (QED) is 0.606. The van der Waals surface area contributed by atoms with E-state index in [2.05, 4.69) is 20.6 Å². The summed E-state index contributed by atoms with van der Waals surface area (Å²) in [5.74, 6) is -0.489. The lowest BCUT2D eigenvalue weighted by atomic mass is 10.2. The molecule has 2 aromatic heterocycles. The highest BCUT2D eigenvalue weighted by Crippen LogP contribution is 2.31. The zero-order valence-corrected chi connectivity index (χ0v) is 15.9. The van der Waals surface area contributed by atoms with Crippen molar-refractivity contribution >= 4 is 22.9 Å². The molecule has 0 fully saturated rings. The number of nitrogens with one attached hydrogen (secondary N) is 2. The fourth-order valence-electron chi connectivity index (χ4n) is 2.91. The number of imidazole rings is 1. The normalized spacial score (nSPS) is 11.5. The maximum absolute atomic E-state index is 13.3. The Bertz CT molecular complexity index is 1020. The van der Waals surface area contributed by atoms with Gasteiger partial charge < -0.3 is 19.9 Å². The molecule has 0 spiro atoms. The minimum Gasteiger partial charge on any atom is -0.495 e. The summed E-state index contributed by atoms with van der Waals surface area (Å²) >= 11 is 0. The van der Waals surface area contributed by atoms with E-state index in [1.165, 1.54) is 25.4 Å². The third-order valence-electron chi connectivity index (χ3n) is 4.20. The monoisotopic (exact) mass is 407 g/mol. The smallest absolute Gasteiger partial charge is 0.449 e. The molecule has 29 heavy (non-hydrogen) atoms. The molecule has 0 saturated carbocycles. The number of alkyl halides is 3. The predicted octanol–water partition coefficient (Wildman–Crippen LogP) is 3.98. The van der Waals surface area contributed by atoms with Crippen LogP contribution in [0.5, 0.6) is 5.75 Å². The average Bonchev–Trinajstić information content (AvgIpc) is 3.05. The molecule has 3 aromatic rings. The highest BCUT2D eigenvalue weighted by Gasteiger charge is 2.37. The van der Waals surface area contributed by atoms with Crippen molar-refractivity contribution in [2.24, 2.45) is 0 Å². The van der Waals surface area contributed by atoms with Crippen LogP contribution in [0, 0.1) is 6.92 Å². The summed E-state index contributed by atoms with van der Waals surface area (Å²) < 4.78 is 46.0. The molecule has 0 aliphatic rings. The van der Waals surface area contributed by atoms with E-state index in [-0.39, 0.29) is 30.7 Å². The number of hydrogen-bond donors (Lipinski definition) is 2. The Morgan fingerprint density at radius 3 is 2.79 bits per heavy atom. The lowest BCUT2D eigenvalue weighted by Crippen LogP contribution is -2.30. The number of fused-ring (bicyclic) bond motifs is 1. The van der Waals surface area contributed by atoms with Gasteiger partial charge in [-0.2, -0.15) is 13.2 Å². The molecule has 2 heterocycles. The Morgan fingerprint density at radius 1 is 1.28 bits per heavy atom. The average molecular weight is 407 g/mol. The number of aryl methyl sites for hydroxylation is 2. The molecule has 2 N–H and O–H groups in total. The summed E-state index contributed by atoms with van der Waals surface area (Å²) in [6.45, 7) is 2.06. The van der Waals surface area contributed by atoms with Crippen LogP contribution in [0.15, 0.2) is 36.5 Å². The summed E-state index contributed by atoms with van der Waals surface area (Å²) in [6, 6.07) is 7.89. The predicted molar refractivity (Wildman–Crippen MR) is 102 cm³/mol. The van der Waals surface area contributed by atoms with Gasteiger partial charge in [0, 0.05) is 19.3 Å². The maximum Gasteiger partial charge on any atom is 0.449 e. The Morgan fingerprint density at radius 2 is 2.07 bits per heavy atom. The van der Waals surface area contributed by atoms with Crippen LogP contribution in [0.4, 0.5) is 23.7 Å². The SMILES string of the molecule is COc1ccc(C)cc1NC(=O)NCCCn1c(C(F)(F)F)nc2cccnc21. The highest BCUT2D eigenvalue weighted by atomic mass is 19.4. The van der Waals surface area contributed by atoms with Crippen molar-refractivity contribution < 1.29 is 22.7 Å². The van der Waals surface area contributed by atoms with Crippen LogP contribution in [0.25, 0.3) is 11.2 Å². The number of methoxy groups -OCH3 is 1. The van der Waals surface area contributed by atoms with Gasteiger partial charge in [-0.3, -0.25) is 0 Å². The lowest BCUT2D eigenvalue weighted by molar-refractivity contribution is -0.147. The number of carbonyl (C=O) groups excluding carboxylic acids is 1. The third kappa shape index (κ3) is 4.76. The number of amides is 2. The van der Waals surface area contributed by atoms with E-state index >= 15 is 0 Å². The van der Waals surface area contributed by atoms with Crippen molar-refractivity contribution in [1.29, 1.82) is 0 Å². The van der Waals surface area contributed by atoms with Gasteiger partial charge in [-0.05, 0) is 43.2 Å². The number of halogens is 3. The van der Waals surface area contributed by atoms with E-state index in [4.69, 9.17) is 4.74 Å². The van der Waals surface area contributed by atoms with Crippen LogP contribution in [-0.4, -0.2) is 34.2 Å². The number of aromatic nitrogens is 3. The molecule has 0 bridgehead atoms. The second-order valence-corrected chi connectivity index (χ2v) is 6.37. The van der Waals surface area contributed by atoms with E-state index in [0.29, 0.717) is 11.4 Å². The molecule has 7 nitrogen and oxygen atoms in total. The van der Waals surface area contributed by atoms with E-state index in [0.717, 1.165) is 10.1 Å². The first-order valence-electron chi connectivity index (χ1n) is 8.87. The van der Waals surface area contributed by atoms with Crippen LogP contribution < -0.4 is 15.4 Å². The van der Waals surface area contributed by atoms with Gasteiger partial charge in [0.15, 0.2) is 5.65 Å². The molecule has 0 unspecified atom stereocenters. The topological polar surface area (TPSA) is 81.1 Å². The van der Waals surface area contributed by atoms with Crippen LogP contribution in [0.3, 0.4) is 0 Å². The Hall–Kier alpha value is -3.30. The molecule has 0 radical (unpaired) electrons. The van der Waals surface area contributed by atoms with Gasteiger partial charge in [-0.1, -0.05) is 6.07 Å². The number of rotatable bonds is 6. The molecular weight excluding hydrogens is 387 g/mol. The van der Waals surface area contributed by atoms with Crippen molar-refractivity contribution in [2.75, 3.05) is 19.0 Å². The number of hydrogen-bond acceptors (Lipinski definition) is 4. The second-order valence-electron chi connectivity index (χ2n) is 6.37. The van der Waals surface area contributed by atoms with Gasteiger partial charge in [0.2, 0.25) is 5.82 Å². The summed E-state index contributed by atoms with van der Waals surface area (Å²) in [5.41, 5.74) is 1.79. The van der Waals surface area contributed by atoms with Gasteiger partial charge in [0.05, 0.1) is 12.8 Å². The number of carbonyl (C=O) groups is 1. The Kier molecular flexibility index (Phi) is 5.90. The van der Waals surface area contributed by atoms with E-state index < -0.39 is 18.0 Å². The van der Waals surface area contributed by atoms with Gasteiger partial charge in [0.25, 0.3) is 0 Å². The minimum atomic E-state index is -4.59. The van der Waals surface area contributed by atoms with Crippen LogP contribution in [0.1, 0.15) is 17.8 Å². The van der Waals surface area contributed by atoms with Crippen molar-refractivity contribution in [3.8, 4) is 5.75 Å². The molecule has 0 saturated heterocycles. The molecule has 1 aromatic carbocycles. The number of benzene rings is 1. The van der Waals surface area contributed by atoms with Crippen LogP contribution >= 0.6 is 0 Å². The molecule has 2 amide bonds. The van der Waals surface area contributed by atoms with E-state index in [1.54, 1.807) is 12.1 Å². The second kappa shape index (κ2) is 8.38. The first-order chi connectivity index (χ1) is 13.8. The fraction of sp³-hybridized carbons (Fsp3) is 0.316. The van der Waals surface area contributed by atoms with Crippen molar-refractivity contribution in [2.45, 2.75) is 26.1 Å². The zero-order chi connectivity index (χ0) is 21.0. The highest BCUT2D eigenvalue weighted by molar-refractivity contribution is 5.91. The maximum atomic E-state index is 13.3. The van der Waals surface area contributed by atoms with Crippen LogP contribution in [-0.2, 0) is 12.7 Å². The van der Waals surface area contributed by atoms with E-state index in [9.17, 15) is 18.0 Å². The van der Waals surface area contributed by atoms with Gasteiger partial charge in [-0.25, -0.2) is 14.8 Å². The summed E-state index contributed by atoms with van der Waals surface area (Å²) in [7, 11) is 1.50. The molecular formula is C19H20F3N5O2. The molecule has 0 aliphatic heterocycles. The van der Waals surface area contributed by atoms with E-state index in [1.807, 2.05) is 13.0 Å². The van der Waals surface area contributed by atoms with Crippen LogP contribution in [0.2, 0.25) is 0 Å². The standard InChI is InChI=1S/C19H20F3N5O2/c1-12-6-7-15(29-2)14(11-12)26-18(28)24-9-4-10-27-16-13(5-3-8-23-16)25-17(27)19(20,21)22/h3,5-8,11H,4,9-10H2,1-2H3,(H2,24,26,28). The number of ether oxygens (including phenoxy) is 1. The molecule has 0 atom stereocenters. The molecule has 0 aliphatic carbocycles. The first kappa shape index (κ1) is 20.4. The molecule has 154 valence electrons. The first-order valence-corrected chi connectivity index (χ1v) is 8.87. The van der Waals surface area contributed by atoms with Gasteiger partial charge >= 0.3 is 12.2 Å². The number of urea groups is 1. The minimum absolute atomic E-state index is 0.0103. The lowest BCUT2D eigenvalue weighted by Gasteiger charge is -2.13. The number of nitrogens with zero attached hydrogens (tertiary/aromatic N) is 3. The number of pyridine rings is 1. The summed E-state index contributed by atoms with van der Waals surface area (Å²) in [4.78, 5) is 19.7. The summed E-state index contributed by atoms with van der Waals surface area (Å²) in [6.07, 6.45) is -2.90.